The van der Waals surface area contributed by atoms with E-state index in [0.29, 0.717) is 12.5 Å². The van der Waals surface area contributed by atoms with Gasteiger partial charge >= 0.3 is 0 Å². The van der Waals surface area contributed by atoms with E-state index in [-0.39, 0.29) is 0 Å². The van der Waals surface area contributed by atoms with Crippen molar-refractivity contribution in [1.29, 1.82) is 5.26 Å². The molecule has 1 heterocycles. The average molecular weight is 168 g/mol. The molecule has 1 rings (SSSR count). The van der Waals surface area contributed by atoms with Gasteiger partial charge in [-0.3, -0.25) is 4.90 Å². The smallest absolute Gasteiger partial charge is 0.0638 e. The van der Waals surface area contributed by atoms with Crippen LogP contribution in [0.3, 0.4) is 0 Å². The molecule has 68 valence electrons. The van der Waals surface area contributed by atoms with E-state index < -0.39 is 0 Å². The molecule has 1 fully saturated rings. The van der Waals surface area contributed by atoms with Gasteiger partial charge in [0.1, 0.15) is 0 Å². The van der Waals surface area contributed by atoms with Crippen molar-refractivity contribution in [2.24, 2.45) is 0 Å². The minimum Gasteiger partial charge on any atom is -0.379 e. The number of morpholine rings is 1. The lowest BCUT2D eigenvalue weighted by Crippen LogP contribution is -2.43. The second-order valence-electron chi connectivity index (χ2n) is 3.07. The zero-order valence-corrected chi connectivity index (χ0v) is 7.62. The molecule has 1 saturated heterocycles. The molecule has 1 atom stereocenters. The molecule has 3 heteroatoms. The zero-order valence-electron chi connectivity index (χ0n) is 7.62. The predicted molar refractivity (Wildman–Crippen MR) is 46.7 cm³/mol. The largest absolute Gasteiger partial charge is 0.379 e. The van der Waals surface area contributed by atoms with Crippen LogP contribution in [-0.4, -0.2) is 37.2 Å². The Balaban J connectivity index is 2.36. The number of nitrogens with zero attached hydrogens (tertiary/aromatic N) is 2. The maximum atomic E-state index is 8.59. The summed E-state index contributed by atoms with van der Waals surface area (Å²) in [6, 6.07) is 2.68. The third-order valence-corrected chi connectivity index (χ3v) is 2.36. The topological polar surface area (TPSA) is 36.3 Å². The monoisotopic (exact) mass is 168 g/mol. The first-order valence-electron chi connectivity index (χ1n) is 4.57. The number of rotatable bonds is 3. The summed E-state index contributed by atoms with van der Waals surface area (Å²) in [6.07, 6.45) is 1.71. The van der Waals surface area contributed by atoms with Crippen LogP contribution in [0.15, 0.2) is 0 Å². The van der Waals surface area contributed by atoms with Gasteiger partial charge in [0.15, 0.2) is 0 Å². The summed E-state index contributed by atoms with van der Waals surface area (Å²) >= 11 is 0. The van der Waals surface area contributed by atoms with Gasteiger partial charge in [-0.1, -0.05) is 6.92 Å². The third-order valence-electron chi connectivity index (χ3n) is 2.36. The van der Waals surface area contributed by atoms with E-state index in [0.717, 1.165) is 32.7 Å². The lowest BCUT2D eigenvalue weighted by atomic mass is 10.1. The van der Waals surface area contributed by atoms with Crippen LogP contribution in [0.4, 0.5) is 0 Å². The molecule has 0 radical (unpaired) electrons. The predicted octanol–water partition coefficient (Wildman–Crippen LogP) is 1.01. The van der Waals surface area contributed by atoms with Gasteiger partial charge in [0, 0.05) is 19.1 Å². The number of nitriles is 1. The molecular formula is C9H16N2O. The molecule has 0 aromatic carbocycles. The van der Waals surface area contributed by atoms with Crippen LogP contribution < -0.4 is 0 Å². The quantitative estimate of drug-likeness (QED) is 0.631. The van der Waals surface area contributed by atoms with Crippen molar-refractivity contribution in [1.82, 2.24) is 4.90 Å². The highest BCUT2D eigenvalue weighted by Gasteiger charge is 2.18. The molecule has 0 amide bonds. The summed E-state index contributed by atoms with van der Waals surface area (Å²) in [6.45, 7) is 5.75. The fourth-order valence-electron chi connectivity index (χ4n) is 1.58. The van der Waals surface area contributed by atoms with E-state index in [1.807, 2.05) is 0 Å². The second-order valence-corrected chi connectivity index (χ2v) is 3.07. The first kappa shape index (κ1) is 9.50. The molecule has 3 nitrogen and oxygen atoms in total. The van der Waals surface area contributed by atoms with Crippen molar-refractivity contribution in [2.45, 2.75) is 25.8 Å². The second kappa shape index (κ2) is 5.13. The van der Waals surface area contributed by atoms with Crippen LogP contribution in [0, 0.1) is 11.3 Å². The van der Waals surface area contributed by atoms with Crippen molar-refractivity contribution in [3.05, 3.63) is 0 Å². The van der Waals surface area contributed by atoms with E-state index in [1.54, 1.807) is 0 Å². The highest BCUT2D eigenvalue weighted by atomic mass is 16.5. The number of ether oxygens (including phenoxy) is 1. The highest BCUT2D eigenvalue weighted by Crippen LogP contribution is 2.09. The van der Waals surface area contributed by atoms with E-state index >= 15 is 0 Å². The Morgan fingerprint density at radius 2 is 2.17 bits per heavy atom. The molecule has 0 bridgehead atoms. The number of hydrogen-bond donors (Lipinski definition) is 0. The lowest BCUT2D eigenvalue weighted by Gasteiger charge is -2.32. The van der Waals surface area contributed by atoms with Crippen molar-refractivity contribution < 1.29 is 4.74 Å². The molecule has 0 unspecified atom stereocenters. The highest BCUT2D eigenvalue weighted by molar-refractivity contribution is 4.82. The van der Waals surface area contributed by atoms with Crippen molar-refractivity contribution >= 4 is 0 Å². The van der Waals surface area contributed by atoms with Gasteiger partial charge < -0.3 is 4.74 Å². The molecule has 1 aliphatic heterocycles. The SMILES string of the molecule is CC[C@H](CC#N)N1CCOCC1. The van der Waals surface area contributed by atoms with Gasteiger partial charge in [0.25, 0.3) is 0 Å². The molecule has 0 saturated carbocycles. The van der Waals surface area contributed by atoms with Gasteiger partial charge in [-0.25, -0.2) is 0 Å². The Morgan fingerprint density at radius 3 is 2.67 bits per heavy atom. The number of hydrogen-bond acceptors (Lipinski definition) is 3. The zero-order chi connectivity index (χ0) is 8.81. The minimum atomic E-state index is 0.443. The Bertz CT molecular complexity index is 158. The summed E-state index contributed by atoms with van der Waals surface area (Å²) in [7, 11) is 0. The van der Waals surface area contributed by atoms with Gasteiger partial charge in [-0.2, -0.15) is 5.26 Å². The molecule has 0 aromatic rings. The fraction of sp³-hybridized carbons (Fsp3) is 0.889. The summed E-state index contributed by atoms with van der Waals surface area (Å²) in [5.41, 5.74) is 0. The Kier molecular flexibility index (Phi) is 4.06. The Morgan fingerprint density at radius 1 is 1.50 bits per heavy atom. The van der Waals surface area contributed by atoms with Crippen molar-refractivity contribution in [2.75, 3.05) is 26.3 Å². The van der Waals surface area contributed by atoms with Gasteiger partial charge in [-0.15, -0.1) is 0 Å². The third kappa shape index (κ3) is 2.47. The van der Waals surface area contributed by atoms with Gasteiger partial charge in [0.2, 0.25) is 0 Å². The van der Waals surface area contributed by atoms with Crippen LogP contribution in [0.2, 0.25) is 0 Å². The first-order valence-corrected chi connectivity index (χ1v) is 4.57. The molecule has 0 N–H and O–H groups in total. The van der Waals surface area contributed by atoms with Crippen LogP contribution in [-0.2, 0) is 4.74 Å². The minimum absolute atomic E-state index is 0.443. The Hall–Kier alpha value is -0.590. The van der Waals surface area contributed by atoms with E-state index in [2.05, 4.69) is 17.9 Å². The summed E-state index contributed by atoms with van der Waals surface area (Å²) < 4.78 is 5.25. The van der Waals surface area contributed by atoms with E-state index in [1.165, 1.54) is 0 Å². The van der Waals surface area contributed by atoms with Crippen molar-refractivity contribution in [3.63, 3.8) is 0 Å². The standard InChI is InChI=1S/C9H16N2O/c1-2-9(3-4-10)11-5-7-12-8-6-11/h9H,2-3,5-8H2,1H3/t9-/m1/s1. The maximum Gasteiger partial charge on any atom is 0.0638 e. The molecular weight excluding hydrogens is 152 g/mol. The normalized spacial score (nSPS) is 21.7. The van der Waals surface area contributed by atoms with Crippen molar-refractivity contribution in [3.8, 4) is 6.07 Å². The summed E-state index contributed by atoms with van der Waals surface area (Å²) in [5.74, 6) is 0. The maximum absolute atomic E-state index is 8.59. The molecule has 0 spiro atoms. The molecule has 0 aromatic heterocycles. The average Bonchev–Trinajstić information content (AvgIpc) is 2.15. The van der Waals surface area contributed by atoms with E-state index in [9.17, 15) is 0 Å². The van der Waals surface area contributed by atoms with Crippen LogP contribution in [0.5, 0.6) is 0 Å². The fourth-order valence-corrected chi connectivity index (χ4v) is 1.58. The first-order chi connectivity index (χ1) is 5.88. The van der Waals surface area contributed by atoms with Gasteiger partial charge in [0.05, 0.1) is 25.7 Å². The lowest BCUT2D eigenvalue weighted by molar-refractivity contribution is 0.0167. The van der Waals surface area contributed by atoms with Crippen LogP contribution in [0.1, 0.15) is 19.8 Å². The summed E-state index contributed by atoms with van der Waals surface area (Å²) in [4.78, 5) is 2.35. The molecule has 1 aliphatic rings. The summed E-state index contributed by atoms with van der Waals surface area (Å²) in [5, 5.41) is 8.59. The van der Waals surface area contributed by atoms with E-state index in [4.69, 9.17) is 10.00 Å². The Labute approximate surface area is 73.9 Å². The molecule has 0 aliphatic carbocycles. The van der Waals surface area contributed by atoms with Gasteiger partial charge in [-0.05, 0) is 6.42 Å². The molecule has 12 heavy (non-hydrogen) atoms. The van der Waals surface area contributed by atoms with Crippen LogP contribution in [0.25, 0.3) is 0 Å². The van der Waals surface area contributed by atoms with Crippen LogP contribution >= 0.6 is 0 Å².